The molecule has 0 radical (unpaired) electrons. The Kier molecular flexibility index (Phi) is 6.70. The summed E-state index contributed by atoms with van der Waals surface area (Å²) in [6, 6.07) is 10.9. The van der Waals surface area contributed by atoms with Gasteiger partial charge in [0.2, 0.25) is 0 Å². The van der Waals surface area contributed by atoms with Crippen molar-refractivity contribution in [2.45, 2.75) is 0 Å². The fourth-order valence-electron chi connectivity index (χ4n) is 4.44. The van der Waals surface area contributed by atoms with E-state index in [-0.39, 0.29) is 66.9 Å². The van der Waals surface area contributed by atoms with Crippen LogP contribution in [0.15, 0.2) is 18.2 Å². The van der Waals surface area contributed by atoms with Crippen molar-refractivity contribution in [2.24, 2.45) is 11.5 Å². The summed E-state index contributed by atoms with van der Waals surface area (Å²) in [5.74, 6) is -9.04. The van der Waals surface area contributed by atoms with Gasteiger partial charge >= 0.3 is 0 Å². The van der Waals surface area contributed by atoms with Crippen LogP contribution in [0.2, 0.25) is 0 Å². The van der Waals surface area contributed by atoms with E-state index in [4.69, 9.17) is 28.2 Å². The maximum Gasteiger partial charge on any atom is 0.173 e. The van der Waals surface area contributed by atoms with Gasteiger partial charge in [0.05, 0.1) is 38.3 Å². The number of benzene rings is 2. The maximum atomic E-state index is 14.8. The Bertz CT molecular complexity index is 2400. The number of nitriles is 4. The normalized spacial score (nSPS) is 10.5. The molecule has 0 amide bonds. The zero-order chi connectivity index (χ0) is 32.0. The van der Waals surface area contributed by atoms with Gasteiger partial charge < -0.3 is 22.9 Å². The van der Waals surface area contributed by atoms with Crippen molar-refractivity contribution in [3.8, 4) is 24.3 Å². The number of anilines is 3. The number of pyridine rings is 3. The zero-order valence-corrected chi connectivity index (χ0v) is 21.7. The molecule has 44 heavy (non-hydrogen) atoms. The second-order valence-electron chi connectivity index (χ2n) is 8.95. The van der Waals surface area contributed by atoms with E-state index >= 15 is 0 Å². The van der Waals surface area contributed by atoms with Crippen LogP contribution in [-0.2, 0) is 0 Å². The Balaban J connectivity index is 1.78. The lowest BCUT2D eigenvalue weighted by Crippen LogP contribution is -2.39. The summed E-state index contributed by atoms with van der Waals surface area (Å²) in [5.41, 5.74) is 26.2. The molecule has 0 bridgehead atoms. The van der Waals surface area contributed by atoms with Gasteiger partial charge in [0.15, 0.2) is 29.0 Å². The predicted octanol–water partition coefficient (Wildman–Crippen LogP) is 0.899. The molecule has 0 spiro atoms. The van der Waals surface area contributed by atoms with Gasteiger partial charge in [-0.25, -0.2) is 32.5 Å². The van der Waals surface area contributed by atoms with Crippen LogP contribution in [0.4, 0.5) is 34.9 Å². The largest absolute Gasteiger partial charge is 0.390 e. The van der Waals surface area contributed by atoms with Crippen molar-refractivity contribution >= 4 is 61.5 Å². The number of nitrogens with zero attached hydrogens (tertiary/aromatic N) is 7. The molecule has 5 rings (SSSR count). The molecule has 3 heterocycles. The highest BCUT2D eigenvalue weighted by molar-refractivity contribution is 6.23. The Labute approximate surface area is 242 Å². The fraction of sp³-hybridized carbons (Fsp3) is 0. The van der Waals surface area contributed by atoms with Crippen molar-refractivity contribution in [1.29, 1.82) is 21.0 Å². The van der Waals surface area contributed by atoms with Gasteiger partial charge in [0.25, 0.3) is 0 Å². The smallest absolute Gasteiger partial charge is 0.173 e. The molecule has 13 nitrogen and oxygen atoms in total. The average Bonchev–Trinajstić information content (AvgIpc) is 3.02. The van der Waals surface area contributed by atoms with Gasteiger partial charge in [0.1, 0.15) is 52.9 Å². The Morgan fingerprint density at radius 2 is 1.16 bits per heavy atom. The molecular formula is C27H13F4N13. The number of nitrogens with one attached hydrogen (secondary N) is 2. The van der Waals surface area contributed by atoms with Gasteiger partial charge in [-0.3, -0.25) is 10.9 Å². The minimum atomic E-state index is -1.96. The second kappa shape index (κ2) is 10.4. The average molecular weight is 595 g/mol. The molecule has 0 aliphatic rings. The van der Waals surface area contributed by atoms with Crippen LogP contribution in [0.25, 0.3) is 44.2 Å². The standard InChI is InChI=1S/C27H13F4N13/c28-18-16(13(36)6-34)19(29)21(31)17(20(18)30)27(39)44-43-14-3-11-10-1-8(4-32)25(37)41-23(10)24-12(22(11)40-15(14)7-35)2-9(5-33)26(38)42-24/h1-3,43-44H,36,39H2,(H2,37,41)(H2,38,42). The van der Waals surface area contributed by atoms with Gasteiger partial charge in [-0.05, 0) is 18.2 Å². The van der Waals surface area contributed by atoms with E-state index in [0.29, 0.717) is 0 Å². The van der Waals surface area contributed by atoms with Crippen LogP contribution in [0.1, 0.15) is 16.8 Å². The third-order valence-electron chi connectivity index (χ3n) is 6.50. The van der Waals surface area contributed by atoms with Crippen molar-refractivity contribution in [3.63, 3.8) is 0 Å². The number of hydrazine groups is 1. The molecule has 3 aromatic heterocycles. The molecule has 2 aromatic carbocycles. The summed E-state index contributed by atoms with van der Waals surface area (Å²) in [6.45, 7) is 0. The molecule has 0 saturated carbocycles. The molecular weight excluding hydrogens is 582 g/mol. The highest BCUT2D eigenvalue weighted by atomic mass is 19.2. The van der Waals surface area contributed by atoms with Crippen LogP contribution in [0.3, 0.4) is 0 Å². The first-order valence-electron chi connectivity index (χ1n) is 11.9. The van der Waals surface area contributed by atoms with E-state index in [1.165, 1.54) is 24.3 Å². The van der Waals surface area contributed by atoms with Crippen LogP contribution < -0.4 is 44.2 Å². The number of hydrogen-bond donors (Lipinski definition) is 6. The van der Waals surface area contributed by atoms with E-state index < -0.39 is 45.2 Å². The summed E-state index contributed by atoms with van der Waals surface area (Å²) in [5, 5.41) is 35.7. The summed E-state index contributed by atoms with van der Waals surface area (Å²) < 4.78 is 58.6. The molecule has 0 atom stereocenters. The number of nitrogens with two attached hydrogens (primary N) is 4. The number of rotatable bonds is 3. The van der Waals surface area contributed by atoms with Gasteiger partial charge in [-0.1, -0.05) is 0 Å². The first-order valence-corrected chi connectivity index (χ1v) is 11.9. The number of fused-ring (bicyclic) bond motifs is 6. The summed E-state index contributed by atoms with van der Waals surface area (Å²) in [4.78, 5) is 12.9. The molecule has 0 aliphatic carbocycles. The third kappa shape index (κ3) is 4.18. The van der Waals surface area contributed by atoms with Crippen molar-refractivity contribution in [3.05, 3.63) is 68.7 Å². The molecule has 10 N–H and O–H groups in total. The third-order valence-corrected chi connectivity index (χ3v) is 6.50. The lowest BCUT2D eigenvalue weighted by molar-refractivity contribution is 0.433. The molecule has 0 aliphatic heterocycles. The van der Waals surface area contributed by atoms with E-state index in [9.17, 15) is 33.3 Å². The van der Waals surface area contributed by atoms with Crippen molar-refractivity contribution in [2.75, 3.05) is 16.9 Å². The molecule has 0 fully saturated rings. The number of halogens is 4. The Morgan fingerprint density at radius 1 is 0.659 bits per heavy atom. The highest BCUT2D eigenvalue weighted by Crippen LogP contribution is 2.36. The Hall–Kier alpha value is -7.11. The second-order valence-corrected chi connectivity index (χ2v) is 8.95. The predicted molar refractivity (Wildman–Crippen MR) is 148 cm³/mol. The van der Waals surface area contributed by atoms with Crippen molar-refractivity contribution < 1.29 is 17.6 Å². The van der Waals surface area contributed by atoms with Gasteiger partial charge in [-0.15, -0.1) is 0 Å². The van der Waals surface area contributed by atoms with Crippen LogP contribution >= 0.6 is 0 Å². The number of aromatic nitrogens is 3. The summed E-state index contributed by atoms with van der Waals surface area (Å²) in [6.07, 6.45) is 0. The first-order chi connectivity index (χ1) is 21.0. The number of hydrogen-bond acceptors (Lipinski definition) is 13. The van der Waals surface area contributed by atoms with Crippen LogP contribution in [0.5, 0.6) is 0 Å². The highest BCUT2D eigenvalue weighted by Gasteiger charge is 2.23. The molecule has 5 aromatic rings. The molecule has 17 heteroatoms. The SMILES string of the molecule is N#CC(N)=c1c(F)c(F)c(=C(N)NNc2cc3c4cc(C#N)c(N)nc4c4nc(N)c(C#N)cc4c3nc2C#N)c(F)c1F. The van der Waals surface area contributed by atoms with Crippen molar-refractivity contribution in [1.82, 2.24) is 20.4 Å². The van der Waals surface area contributed by atoms with E-state index in [0.717, 1.165) is 0 Å². The molecule has 0 unspecified atom stereocenters. The first kappa shape index (κ1) is 28.4. The summed E-state index contributed by atoms with van der Waals surface area (Å²) in [7, 11) is 0. The summed E-state index contributed by atoms with van der Waals surface area (Å²) >= 11 is 0. The van der Waals surface area contributed by atoms with Gasteiger partial charge in [0, 0.05) is 16.2 Å². The Morgan fingerprint density at radius 3 is 1.68 bits per heavy atom. The minimum absolute atomic E-state index is 0.00465. The fourth-order valence-corrected chi connectivity index (χ4v) is 4.44. The lowest BCUT2D eigenvalue weighted by atomic mass is 10.00. The van der Waals surface area contributed by atoms with Crippen LogP contribution in [-0.4, -0.2) is 15.0 Å². The zero-order valence-electron chi connectivity index (χ0n) is 21.7. The minimum Gasteiger partial charge on any atom is -0.390 e. The maximum absolute atomic E-state index is 14.8. The lowest BCUT2D eigenvalue weighted by Gasteiger charge is -2.15. The van der Waals surface area contributed by atoms with E-state index in [1.54, 1.807) is 0 Å². The van der Waals surface area contributed by atoms with Crippen LogP contribution in [0, 0.1) is 68.6 Å². The quantitative estimate of drug-likeness (QED) is 0.0733. The topological polar surface area (TPSA) is 262 Å². The van der Waals surface area contributed by atoms with Gasteiger partial charge in [-0.2, -0.15) is 21.0 Å². The van der Waals surface area contributed by atoms with E-state index in [1.807, 2.05) is 18.2 Å². The number of nitrogen functional groups attached to an aromatic ring is 2. The van der Waals surface area contributed by atoms with E-state index in [2.05, 4.69) is 25.8 Å². The molecule has 214 valence electrons. The molecule has 0 saturated heterocycles. The monoisotopic (exact) mass is 595 g/mol.